The predicted octanol–water partition coefficient (Wildman–Crippen LogP) is 2.98. The quantitative estimate of drug-likeness (QED) is 0.255. The fourth-order valence-corrected chi connectivity index (χ4v) is 2.80. The average Bonchev–Trinajstić information content (AvgIpc) is 2.49. The first-order chi connectivity index (χ1) is 11.6. The zero-order chi connectivity index (χ0) is 19.0. The molecule has 0 radical (unpaired) electrons. The summed E-state index contributed by atoms with van der Waals surface area (Å²) in [5.41, 5.74) is 0.479. The summed E-state index contributed by atoms with van der Waals surface area (Å²) in [7, 11) is 0. The van der Waals surface area contributed by atoms with Crippen LogP contribution in [-0.2, 0) is 0 Å². The molecule has 1 rings (SSSR count). The van der Waals surface area contributed by atoms with Gasteiger partial charge in [0.05, 0.1) is 19.0 Å². The van der Waals surface area contributed by atoms with Crippen LogP contribution in [0, 0.1) is 0 Å². The van der Waals surface area contributed by atoms with E-state index in [0.29, 0.717) is 5.70 Å². The van der Waals surface area contributed by atoms with Crippen LogP contribution in [-0.4, -0.2) is 53.5 Å². The summed E-state index contributed by atoms with van der Waals surface area (Å²) < 4.78 is 38.4. The second kappa shape index (κ2) is 10.1. The van der Waals surface area contributed by atoms with Gasteiger partial charge in [-0.3, -0.25) is 15.6 Å². The summed E-state index contributed by atoms with van der Waals surface area (Å²) in [5.74, 6) is 0. The summed E-state index contributed by atoms with van der Waals surface area (Å²) in [6.07, 6.45) is 1.43. The standard InChI is InChI=1S/C17H31F3N4O/c1-5-6-7-8-12(2)22-16(25)10-21-11-24-13(3)9-15(17(18,19)20)23-14(24)4/h9,11-12,14-16,22-23,25H,5-8,10H2,1-4H3. The molecule has 4 atom stereocenters. The summed E-state index contributed by atoms with van der Waals surface area (Å²) in [4.78, 5) is 5.78. The lowest BCUT2D eigenvalue weighted by molar-refractivity contribution is -0.149. The fraction of sp³-hybridized carbons (Fsp3) is 0.824. The van der Waals surface area contributed by atoms with Crippen molar-refractivity contribution in [2.24, 2.45) is 4.99 Å². The molecular formula is C17H31F3N4O. The van der Waals surface area contributed by atoms with Gasteiger partial charge in [-0.2, -0.15) is 13.2 Å². The molecule has 0 aromatic carbocycles. The second-order valence-electron chi connectivity index (χ2n) is 6.64. The van der Waals surface area contributed by atoms with Gasteiger partial charge in [0.2, 0.25) is 0 Å². The molecule has 5 nitrogen and oxygen atoms in total. The van der Waals surface area contributed by atoms with Crippen LogP contribution in [0.25, 0.3) is 0 Å². The Morgan fingerprint density at radius 3 is 2.68 bits per heavy atom. The van der Waals surface area contributed by atoms with E-state index >= 15 is 0 Å². The summed E-state index contributed by atoms with van der Waals surface area (Å²) in [6, 6.07) is -1.45. The van der Waals surface area contributed by atoms with E-state index in [-0.39, 0.29) is 12.6 Å². The Hall–Kier alpha value is -1.12. The number of allylic oxidation sites excluding steroid dienone is 1. The molecule has 0 saturated carbocycles. The molecule has 1 aliphatic heterocycles. The van der Waals surface area contributed by atoms with Gasteiger partial charge in [0, 0.05) is 11.7 Å². The van der Waals surface area contributed by atoms with Crippen LogP contribution in [0.5, 0.6) is 0 Å². The normalized spacial score (nSPS) is 24.5. The van der Waals surface area contributed by atoms with Crippen molar-refractivity contribution in [3.8, 4) is 0 Å². The third-order valence-corrected chi connectivity index (χ3v) is 4.21. The molecule has 8 heteroatoms. The van der Waals surface area contributed by atoms with E-state index in [4.69, 9.17) is 0 Å². The lowest BCUT2D eigenvalue weighted by atomic mass is 10.1. The Bertz CT molecular complexity index is 454. The van der Waals surface area contributed by atoms with Gasteiger partial charge in [0.1, 0.15) is 12.3 Å². The minimum Gasteiger partial charge on any atom is -0.377 e. The van der Waals surface area contributed by atoms with Gasteiger partial charge in [-0.25, -0.2) is 0 Å². The van der Waals surface area contributed by atoms with Crippen molar-refractivity contribution in [3.63, 3.8) is 0 Å². The van der Waals surface area contributed by atoms with Gasteiger partial charge < -0.3 is 10.0 Å². The topological polar surface area (TPSA) is 59.9 Å². The lowest BCUT2D eigenvalue weighted by Gasteiger charge is -2.37. The summed E-state index contributed by atoms with van der Waals surface area (Å²) >= 11 is 0. The number of halogens is 3. The summed E-state index contributed by atoms with van der Waals surface area (Å²) in [6.45, 7) is 7.57. The number of rotatable bonds is 9. The summed E-state index contributed by atoms with van der Waals surface area (Å²) in [5, 5.41) is 15.5. The maximum Gasteiger partial charge on any atom is 0.407 e. The molecule has 0 bridgehead atoms. The van der Waals surface area contributed by atoms with Crippen LogP contribution >= 0.6 is 0 Å². The van der Waals surface area contributed by atoms with E-state index in [2.05, 4.69) is 22.5 Å². The van der Waals surface area contributed by atoms with Crippen LogP contribution in [0.4, 0.5) is 13.2 Å². The van der Waals surface area contributed by atoms with Crippen molar-refractivity contribution < 1.29 is 18.3 Å². The first-order valence-electron chi connectivity index (χ1n) is 8.88. The highest BCUT2D eigenvalue weighted by atomic mass is 19.4. The molecule has 25 heavy (non-hydrogen) atoms. The van der Waals surface area contributed by atoms with Crippen LogP contribution in [0.15, 0.2) is 16.8 Å². The smallest absolute Gasteiger partial charge is 0.377 e. The first-order valence-corrected chi connectivity index (χ1v) is 8.88. The van der Waals surface area contributed by atoms with Crippen molar-refractivity contribution in [1.82, 2.24) is 15.5 Å². The van der Waals surface area contributed by atoms with Crippen molar-refractivity contribution >= 4 is 6.34 Å². The Labute approximate surface area is 148 Å². The molecule has 0 spiro atoms. The molecule has 0 aromatic rings. The first kappa shape index (κ1) is 21.9. The largest absolute Gasteiger partial charge is 0.407 e. The molecule has 0 fully saturated rings. The number of aliphatic hydroxyl groups is 1. The van der Waals surface area contributed by atoms with Crippen LogP contribution in [0.1, 0.15) is 53.4 Å². The number of alkyl halides is 3. The number of hydrogen-bond acceptors (Lipinski definition) is 4. The third kappa shape index (κ3) is 7.75. The van der Waals surface area contributed by atoms with Crippen molar-refractivity contribution in [3.05, 3.63) is 11.8 Å². The van der Waals surface area contributed by atoms with E-state index < -0.39 is 24.6 Å². The molecule has 146 valence electrons. The molecule has 0 aliphatic carbocycles. The zero-order valence-corrected chi connectivity index (χ0v) is 15.5. The third-order valence-electron chi connectivity index (χ3n) is 4.21. The van der Waals surface area contributed by atoms with Gasteiger partial charge in [0.15, 0.2) is 0 Å². The fourth-order valence-electron chi connectivity index (χ4n) is 2.80. The highest BCUT2D eigenvalue weighted by Gasteiger charge is 2.41. The van der Waals surface area contributed by atoms with E-state index in [1.165, 1.54) is 12.8 Å². The van der Waals surface area contributed by atoms with Crippen LogP contribution in [0.3, 0.4) is 0 Å². The van der Waals surface area contributed by atoms with Crippen LogP contribution in [0.2, 0.25) is 0 Å². The number of nitrogens with one attached hydrogen (secondary N) is 2. The molecule has 4 unspecified atom stereocenters. The van der Waals surface area contributed by atoms with Gasteiger partial charge in [-0.05, 0) is 33.3 Å². The maximum absolute atomic E-state index is 12.8. The number of aliphatic hydroxyl groups excluding tert-OH is 1. The number of hydrogen-bond donors (Lipinski definition) is 3. The monoisotopic (exact) mass is 364 g/mol. The molecule has 1 aliphatic rings. The zero-order valence-electron chi connectivity index (χ0n) is 15.5. The minimum atomic E-state index is -4.31. The molecule has 0 amide bonds. The number of aliphatic imine (C=N–C) groups is 1. The molecule has 0 saturated heterocycles. The second-order valence-corrected chi connectivity index (χ2v) is 6.64. The Kier molecular flexibility index (Phi) is 8.88. The Balaban J connectivity index is 2.47. The Morgan fingerprint density at radius 1 is 1.44 bits per heavy atom. The molecule has 0 aromatic heterocycles. The molecule has 1 heterocycles. The molecular weight excluding hydrogens is 333 g/mol. The number of unbranched alkanes of at least 4 members (excludes halogenated alkanes) is 2. The van der Waals surface area contributed by atoms with Gasteiger partial charge in [-0.1, -0.05) is 26.2 Å². The lowest BCUT2D eigenvalue weighted by Crippen LogP contribution is -2.55. The highest BCUT2D eigenvalue weighted by Crippen LogP contribution is 2.26. The predicted molar refractivity (Wildman–Crippen MR) is 94.1 cm³/mol. The van der Waals surface area contributed by atoms with Crippen molar-refractivity contribution in [1.29, 1.82) is 0 Å². The van der Waals surface area contributed by atoms with E-state index in [0.717, 1.165) is 25.3 Å². The Morgan fingerprint density at radius 2 is 2.12 bits per heavy atom. The van der Waals surface area contributed by atoms with Crippen LogP contribution < -0.4 is 10.6 Å². The van der Waals surface area contributed by atoms with E-state index in [1.54, 1.807) is 18.7 Å². The van der Waals surface area contributed by atoms with Crippen molar-refractivity contribution in [2.75, 3.05) is 6.54 Å². The SMILES string of the molecule is CCCCCC(C)NC(O)CN=CN1C(C)=CC(C(F)(F)F)NC1C. The number of nitrogens with zero attached hydrogens (tertiary/aromatic N) is 2. The van der Waals surface area contributed by atoms with Gasteiger partial charge >= 0.3 is 6.18 Å². The van der Waals surface area contributed by atoms with E-state index in [9.17, 15) is 18.3 Å². The average molecular weight is 364 g/mol. The van der Waals surface area contributed by atoms with Gasteiger partial charge in [-0.15, -0.1) is 0 Å². The maximum atomic E-state index is 12.8. The van der Waals surface area contributed by atoms with E-state index in [1.807, 2.05) is 6.92 Å². The van der Waals surface area contributed by atoms with Gasteiger partial charge in [0.25, 0.3) is 0 Å². The molecule has 3 N–H and O–H groups in total. The minimum absolute atomic E-state index is 0.150. The van der Waals surface area contributed by atoms with Crippen molar-refractivity contribution in [2.45, 2.75) is 84.0 Å². The highest BCUT2D eigenvalue weighted by molar-refractivity contribution is 5.59.